The van der Waals surface area contributed by atoms with E-state index in [2.05, 4.69) is 45.3 Å². The van der Waals surface area contributed by atoms with Gasteiger partial charge in [0.1, 0.15) is 18.1 Å². The van der Waals surface area contributed by atoms with Crippen LogP contribution in [0, 0.1) is 13.8 Å². The first-order valence-electron chi connectivity index (χ1n) is 9.76. The lowest BCUT2D eigenvalue weighted by Crippen LogP contribution is -2.40. The van der Waals surface area contributed by atoms with E-state index in [1.54, 1.807) is 11.3 Å². The average Bonchev–Trinajstić information content (AvgIpc) is 3.29. The number of halogens is 1. The highest BCUT2D eigenvalue weighted by atomic mass is 127. The molecule has 160 valence electrons. The Bertz CT molecular complexity index is 1010. The van der Waals surface area contributed by atoms with Gasteiger partial charge in [0.25, 0.3) is 0 Å². The molecule has 0 amide bonds. The summed E-state index contributed by atoms with van der Waals surface area (Å²) in [5, 5.41) is 17.6. The van der Waals surface area contributed by atoms with Gasteiger partial charge in [-0.15, -0.1) is 45.5 Å². The van der Waals surface area contributed by atoms with E-state index in [9.17, 15) is 0 Å². The van der Waals surface area contributed by atoms with Crippen LogP contribution in [-0.4, -0.2) is 27.3 Å². The maximum Gasteiger partial charge on any atom is 0.192 e. The van der Waals surface area contributed by atoms with Crippen LogP contribution in [-0.2, 0) is 20.1 Å². The van der Waals surface area contributed by atoms with Crippen molar-refractivity contribution in [1.29, 1.82) is 0 Å². The van der Waals surface area contributed by atoms with Gasteiger partial charge in [-0.05, 0) is 36.9 Å². The van der Waals surface area contributed by atoms with Crippen LogP contribution in [0.1, 0.15) is 40.1 Å². The number of guanidine groups is 1. The number of hydrogen-bond donors (Lipinski definition) is 2. The molecule has 4 rings (SSSR count). The highest BCUT2D eigenvalue weighted by Gasteiger charge is 2.22. The van der Waals surface area contributed by atoms with E-state index >= 15 is 0 Å². The van der Waals surface area contributed by atoms with Crippen molar-refractivity contribution in [3.8, 4) is 5.75 Å². The standard InChI is InChI=1S/C21H26N6OS.HI/c1-14-9-11-29-19(14)12-22-21(23-13-20-26-25-15(2)27(20)3)24-17-8-10-28-18-7-5-4-6-16(17)18;/h4-7,9,11,17H,8,10,12-13H2,1-3H3,(H2,22,23,24);1H. The summed E-state index contributed by atoms with van der Waals surface area (Å²) < 4.78 is 7.76. The van der Waals surface area contributed by atoms with E-state index in [1.807, 2.05) is 36.7 Å². The molecule has 1 unspecified atom stereocenters. The lowest BCUT2D eigenvalue weighted by molar-refractivity contribution is 0.261. The molecule has 1 atom stereocenters. The van der Waals surface area contributed by atoms with Crippen LogP contribution in [0.25, 0.3) is 0 Å². The molecule has 0 spiro atoms. The molecule has 1 aromatic carbocycles. The molecule has 0 fully saturated rings. The Hall–Kier alpha value is -2.14. The van der Waals surface area contributed by atoms with Gasteiger partial charge in [-0.3, -0.25) is 0 Å². The Balaban J connectivity index is 0.00000256. The topological polar surface area (TPSA) is 76.4 Å². The number of para-hydroxylation sites is 1. The number of nitrogens with one attached hydrogen (secondary N) is 2. The summed E-state index contributed by atoms with van der Waals surface area (Å²) in [7, 11) is 1.96. The molecule has 1 aliphatic rings. The van der Waals surface area contributed by atoms with Crippen LogP contribution in [0.15, 0.2) is 40.7 Å². The Morgan fingerprint density at radius 2 is 2.10 bits per heavy atom. The fraction of sp³-hybridized carbons (Fsp3) is 0.381. The van der Waals surface area contributed by atoms with Gasteiger partial charge in [0.05, 0.1) is 19.2 Å². The van der Waals surface area contributed by atoms with Gasteiger partial charge < -0.3 is 19.9 Å². The zero-order valence-corrected chi connectivity index (χ0v) is 20.5. The highest BCUT2D eigenvalue weighted by molar-refractivity contribution is 14.0. The maximum absolute atomic E-state index is 5.80. The normalized spacial score (nSPS) is 15.7. The molecule has 7 nitrogen and oxygen atoms in total. The number of aliphatic imine (C=N–C) groups is 1. The average molecular weight is 538 g/mol. The zero-order chi connectivity index (χ0) is 20.2. The van der Waals surface area contributed by atoms with Gasteiger partial charge in [0, 0.05) is 23.9 Å². The lowest BCUT2D eigenvalue weighted by Gasteiger charge is -2.28. The fourth-order valence-electron chi connectivity index (χ4n) is 3.30. The highest BCUT2D eigenvalue weighted by Crippen LogP contribution is 2.31. The molecule has 3 aromatic rings. The van der Waals surface area contributed by atoms with Gasteiger partial charge in [-0.1, -0.05) is 18.2 Å². The second-order valence-corrected chi connectivity index (χ2v) is 8.14. The van der Waals surface area contributed by atoms with E-state index in [0.717, 1.165) is 41.9 Å². The van der Waals surface area contributed by atoms with E-state index in [4.69, 9.17) is 9.73 Å². The monoisotopic (exact) mass is 538 g/mol. The van der Waals surface area contributed by atoms with E-state index in [1.165, 1.54) is 10.4 Å². The second kappa shape index (κ2) is 10.3. The summed E-state index contributed by atoms with van der Waals surface area (Å²) in [6.07, 6.45) is 0.888. The Morgan fingerprint density at radius 1 is 1.27 bits per heavy atom. The van der Waals surface area contributed by atoms with Crippen LogP contribution >= 0.6 is 35.3 Å². The second-order valence-electron chi connectivity index (χ2n) is 7.14. The van der Waals surface area contributed by atoms with Crippen molar-refractivity contribution in [1.82, 2.24) is 25.4 Å². The molecule has 1 aliphatic heterocycles. The Labute approximate surface area is 198 Å². The van der Waals surface area contributed by atoms with Gasteiger partial charge in [-0.2, -0.15) is 0 Å². The Kier molecular flexibility index (Phi) is 7.70. The number of hydrogen-bond acceptors (Lipinski definition) is 5. The number of aromatic nitrogens is 3. The molecule has 2 aromatic heterocycles. The maximum atomic E-state index is 5.80. The predicted octanol–water partition coefficient (Wildman–Crippen LogP) is 3.87. The molecule has 0 saturated carbocycles. The van der Waals surface area contributed by atoms with E-state index < -0.39 is 0 Å². The van der Waals surface area contributed by atoms with E-state index in [0.29, 0.717) is 13.2 Å². The van der Waals surface area contributed by atoms with Crippen LogP contribution < -0.4 is 15.4 Å². The largest absolute Gasteiger partial charge is 0.493 e. The number of fused-ring (bicyclic) bond motifs is 1. The molecule has 9 heteroatoms. The van der Waals surface area contributed by atoms with E-state index in [-0.39, 0.29) is 30.0 Å². The minimum Gasteiger partial charge on any atom is -0.493 e. The van der Waals surface area contributed by atoms with Crippen molar-refractivity contribution in [3.05, 3.63) is 63.4 Å². The summed E-state index contributed by atoms with van der Waals surface area (Å²) in [5.74, 6) is 3.42. The first kappa shape index (κ1) is 22.5. The predicted molar refractivity (Wildman–Crippen MR) is 131 cm³/mol. The fourth-order valence-corrected chi connectivity index (χ4v) is 4.14. The van der Waals surface area contributed by atoms with Crippen LogP contribution in [0.5, 0.6) is 5.75 Å². The third-order valence-electron chi connectivity index (χ3n) is 5.22. The van der Waals surface area contributed by atoms with Gasteiger partial charge in [0.2, 0.25) is 0 Å². The number of aryl methyl sites for hydroxylation is 2. The molecular formula is C21H27IN6OS. The minimum absolute atomic E-state index is 0. The first-order chi connectivity index (χ1) is 14.1. The van der Waals surface area contributed by atoms with Crippen LogP contribution in [0.4, 0.5) is 0 Å². The van der Waals surface area contributed by atoms with Crippen molar-refractivity contribution in [3.63, 3.8) is 0 Å². The molecule has 0 radical (unpaired) electrons. The molecule has 2 N–H and O–H groups in total. The summed E-state index contributed by atoms with van der Waals surface area (Å²) in [4.78, 5) is 6.11. The zero-order valence-electron chi connectivity index (χ0n) is 17.4. The van der Waals surface area contributed by atoms with Crippen molar-refractivity contribution < 1.29 is 4.74 Å². The quantitative estimate of drug-likeness (QED) is 0.293. The summed E-state index contributed by atoms with van der Waals surface area (Å²) >= 11 is 1.75. The first-order valence-corrected chi connectivity index (χ1v) is 10.6. The van der Waals surface area contributed by atoms with Crippen molar-refractivity contribution in [2.75, 3.05) is 6.61 Å². The number of rotatable bonds is 5. The molecule has 0 bridgehead atoms. The lowest BCUT2D eigenvalue weighted by atomic mass is 10.0. The van der Waals surface area contributed by atoms with Crippen LogP contribution in [0.3, 0.4) is 0 Å². The molecule has 30 heavy (non-hydrogen) atoms. The molecule has 0 aliphatic carbocycles. The minimum atomic E-state index is 0. The third kappa shape index (κ3) is 5.12. The molecule has 3 heterocycles. The number of thiophene rings is 1. The van der Waals surface area contributed by atoms with Crippen molar-refractivity contribution in [2.45, 2.75) is 39.4 Å². The smallest absolute Gasteiger partial charge is 0.192 e. The summed E-state index contributed by atoms with van der Waals surface area (Å²) in [5.41, 5.74) is 2.46. The summed E-state index contributed by atoms with van der Waals surface area (Å²) in [6, 6.07) is 10.5. The SMILES string of the molecule is Cc1ccsc1CNC(=NCc1nnc(C)n1C)NC1CCOc2ccccc21.I. The van der Waals surface area contributed by atoms with Crippen molar-refractivity contribution in [2.24, 2.45) is 12.0 Å². The Morgan fingerprint density at radius 3 is 2.83 bits per heavy atom. The van der Waals surface area contributed by atoms with Gasteiger partial charge >= 0.3 is 0 Å². The number of ether oxygens (including phenoxy) is 1. The van der Waals surface area contributed by atoms with Crippen LogP contribution in [0.2, 0.25) is 0 Å². The molecular weight excluding hydrogens is 511 g/mol. The summed E-state index contributed by atoms with van der Waals surface area (Å²) in [6.45, 7) is 5.96. The molecule has 0 saturated heterocycles. The van der Waals surface area contributed by atoms with Gasteiger partial charge in [-0.25, -0.2) is 4.99 Å². The number of nitrogens with zero attached hydrogens (tertiary/aromatic N) is 4. The van der Waals surface area contributed by atoms with Crippen molar-refractivity contribution >= 4 is 41.3 Å². The number of benzene rings is 1. The van der Waals surface area contributed by atoms with Gasteiger partial charge in [0.15, 0.2) is 11.8 Å². The third-order valence-corrected chi connectivity index (χ3v) is 6.24.